The number of carbonyl (C=O) groups excluding carboxylic acids is 1. The third kappa shape index (κ3) is 4.27. The molecule has 0 radical (unpaired) electrons. The lowest BCUT2D eigenvalue weighted by Crippen LogP contribution is -2.31. The van der Waals surface area contributed by atoms with Crippen molar-refractivity contribution in [3.63, 3.8) is 0 Å². The first kappa shape index (κ1) is 16.0. The van der Waals surface area contributed by atoms with Crippen LogP contribution in [0.2, 0.25) is 15.1 Å². The quantitative estimate of drug-likeness (QED) is 0.756. The zero-order valence-corrected chi connectivity index (χ0v) is 13.4. The van der Waals surface area contributed by atoms with Gasteiger partial charge in [0.25, 0.3) is 0 Å². The number of para-hydroxylation sites is 1. The molecule has 2 aromatic rings. The summed E-state index contributed by atoms with van der Waals surface area (Å²) in [5.74, 6) is 0. The zero-order valence-electron chi connectivity index (χ0n) is 11.2. The average Bonchev–Trinajstić information content (AvgIpc) is 2.41. The van der Waals surface area contributed by atoms with Crippen molar-refractivity contribution in [2.24, 2.45) is 0 Å². The number of nitrogens with one attached hydrogen (secondary N) is 2. The van der Waals surface area contributed by atoms with Crippen LogP contribution in [-0.2, 0) is 0 Å². The maximum absolute atomic E-state index is 12.0. The van der Waals surface area contributed by atoms with Gasteiger partial charge < -0.3 is 10.6 Å². The Hall–Kier alpha value is -1.42. The van der Waals surface area contributed by atoms with Gasteiger partial charge in [0, 0.05) is 10.0 Å². The van der Waals surface area contributed by atoms with Crippen LogP contribution in [0.5, 0.6) is 0 Å². The van der Waals surface area contributed by atoms with E-state index < -0.39 is 0 Å². The first-order valence-corrected chi connectivity index (χ1v) is 7.38. The van der Waals surface area contributed by atoms with Crippen molar-refractivity contribution in [2.75, 3.05) is 5.32 Å². The maximum Gasteiger partial charge on any atom is 0.319 e. The van der Waals surface area contributed by atoms with E-state index in [1.54, 1.807) is 42.5 Å². The van der Waals surface area contributed by atoms with E-state index in [2.05, 4.69) is 10.6 Å². The lowest BCUT2D eigenvalue weighted by Gasteiger charge is -2.17. The van der Waals surface area contributed by atoms with Crippen LogP contribution in [0.25, 0.3) is 0 Å². The van der Waals surface area contributed by atoms with Crippen LogP contribution in [0.4, 0.5) is 10.5 Å². The molecule has 2 N–H and O–H groups in total. The molecule has 0 heterocycles. The minimum Gasteiger partial charge on any atom is -0.331 e. The lowest BCUT2D eigenvalue weighted by molar-refractivity contribution is 0.249. The van der Waals surface area contributed by atoms with E-state index >= 15 is 0 Å². The number of hydrogen-bond donors (Lipinski definition) is 2. The number of halogens is 3. The molecule has 6 heteroatoms. The molecule has 0 bridgehead atoms. The molecule has 0 spiro atoms. The van der Waals surface area contributed by atoms with Crippen molar-refractivity contribution in [3.05, 3.63) is 63.1 Å². The van der Waals surface area contributed by atoms with Gasteiger partial charge in [0.05, 0.1) is 16.8 Å². The minimum absolute atomic E-state index is 0.266. The van der Waals surface area contributed by atoms with Crippen molar-refractivity contribution in [1.29, 1.82) is 0 Å². The molecule has 0 aliphatic heterocycles. The Balaban J connectivity index is 2.04. The van der Waals surface area contributed by atoms with E-state index in [-0.39, 0.29) is 12.1 Å². The largest absolute Gasteiger partial charge is 0.331 e. The third-order valence-electron chi connectivity index (χ3n) is 2.90. The summed E-state index contributed by atoms with van der Waals surface area (Å²) in [6.45, 7) is 1.83. The van der Waals surface area contributed by atoms with Crippen molar-refractivity contribution < 1.29 is 4.79 Å². The van der Waals surface area contributed by atoms with Gasteiger partial charge in [-0.15, -0.1) is 0 Å². The van der Waals surface area contributed by atoms with E-state index in [1.807, 2.05) is 6.92 Å². The SMILES string of the molecule is C[C@@H](NC(=O)Nc1ccccc1Cl)c1ccc(Cl)cc1Cl. The van der Waals surface area contributed by atoms with Crippen LogP contribution < -0.4 is 10.6 Å². The smallest absolute Gasteiger partial charge is 0.319 e. The fourth-order valence-corrected chi connectivity index (χ4v) is 2.60. The van der Waals surface area contributed by atoms with Crippen LogP contribution >= 0.6 is 34.8 Å². The predicted octanol–water partition coefficient (Wildman–Crippen LogP) is 5.53. The van der Waals surface area contributed by atoms with Crippen LogP contribution in [0.15, 0.2) is 42.5 Å². The van der Waals surface area contributed by atoms with Gasteiger partial charge in [0.1, 0.15) is 0 Å². The van der Waals surface area contributed by atoms with E-state index in [4.69, 9.17) is 34.8 Å². The number of carbonyl (C=O) groups is 1. The molecule has 2 amide bonds. The molecule has 0 aromatic heterocycles. The van der Waals surface area contributed by atoms with Gasteiger partial charge in [0.2, 0.25) is 0 Å². The molecule has 0 fully saturated rings. The molecule has 0 aliphatic carbocycles. The van der Waals surface area contributed by atoms with E-state index in [1.165, 1.54) is 0 Å². The molecule has 2 rings (SSSR count). The first-order valence-electron chi connectivity index (χ1n) is 6.24. The van der Waals surface area contributed by atoms with Crippen molar-refractivity contribution in [1.82, 2.24) is 5.32 Å². The Morgan fingerprint density at radius 3 is 2.43 bits per heavy atom. The Bertz CT molecular complexity index is 661. The standard InChI is InChI=1S/C15H13Cl3N2O/c1-9(11-7-6-10(16)8-13(11)18)19-15(21)20-14-5-3-2-4-12(14)17/h2-9H,1H3,(H2,19,20,21)/t9-/m1/s1. The number of amides is 2. The Morgan fingerprint density at radius 1 is 1.05 bits per heavy atom. The molecule has 0 aliphatic rings. The summed E-state index contributed by atoms with van der Waals surface area (Å²) in [5, 5.41) is 7.02. The van der Waals surface area contributed by atoms with Crippen LogP contribution in [0, 0.1) is 0 Å². The van der Waals surface area contributed by atoms with Gasteiger partial charge in [0.15, 0.2) is 0 Å². The molecule has 0 saturated heterocycles. The van der Waals surface area contributed by atoms with E-state index in [0.717, 1.165) is 5.56 Å². The third-order valence-corrected chi connectivity index (χ3v) is 3.79. The maximum atomic E-state index is 12.0. The Labute approximate surface area is 138 Å². The second kappa shape index (κ2) is 7.03. The van der Waals surface area contributed by atoms with Crippen molar-refractivity contribution in [3.8, 4) is 0 Å². The van der Waals surface area contributed by atoms with Crippen LogP contribution in [0.3, 0.4) is 0 Å². The number of urea groups is 1. The summed E-state index contributed by atoms with van der Waals surface area (Å²) >= 11 is 18.0. The summed E-state index contributed by atoms with van der Waals surface area (Å²) in [5.41, 5.74) is 1.33. The lowest BCUT2D eigenvalue weighted by atomic mass is 10.1. The van der Waals surface area contributed by atoms with Crippen molar-refractivity contribution >= 4 is 46.5 Å². The fraction of sp³-hybridized carbons (Fsp3) is 0.133. The van der Waals surface area contributed by atoms with Crippen LogP contribution in [0.1, 0.15) is 18.5 Å². The zero-order chi connectivity index (χ0) is 15.4. The highest BCUT2D eigenvalue weighted by Gasteiger charge is 2.13. The summed E-state index contributed by atoms with van der Waals surface area (Å²) in [7, 11) is 0. The highest BCUT2D eigenvalue weighted by molar-refractivity contribution is 6.35. The molecular weight excluding hydrogens is 331 g/mol. The van der Waals surface area contributed by atoms with Crippen molar-refractivity contribution in [2.45, 2.75) is 13.0 Å². The molecule has 0 unspecified atom stereocenters. The normalized spacial score (nSPS) is 11.8. The van der Waals surface area contributed by atoms with E-state index in [9.17, 15) is 4.79 Å². The molecule has 2 aromatic carbocycles. The topological polar surface area (TPSA) is 41.1 Å². The van der Waals surface area contributed by atoms with Gasteiger partial charge >= 0.3 is 6.03 Å². The Morgan fingerprint density at radius 2 is 1.76 bits per heavy atom. The molecular formula is C15H13Cl3N2O. The minimum atomic E-state index is -0.360. The number of hydrogen-bond acceptors (Lipinski definition) is 1. The van der Waals surface area contributed by atoms with Gasteiger partial charge in [-0.3, -0.25) is 0 Å². The molecule has 3 nitrogen and oxygen atoms in total. The monoisotopic (exact) mass is 342 g/mol. The van der Waals surface area contributed by atoms with Gasteiger partial charge in [-0.05, 0) is 36.8 Å². The molecule has 21 heavy (non-hydrogen) atoms. The molecule has 1 atom stereocenters. The average molecular weight is 344 g/mol. The summed E-state index contributed by atoms with van der Waals surface area (Å²) in [4.78, 5) is 12.0. The van der Waals surface area contributed by atoms with Gasteiger partial charge in [-0.25, -0.2) is 4.79 Å². The van der Waals surface area contributed by atoms with E-state index in [0.29, 0.717) is 20.8 Å². The first-order chi connectivity index (χ1) is 9.97. The summed E-state index contributed by atoms with van der Waals surface area (Å²) in [6, 6.07) is 11.5. The fourth-order valence-electron chi connectivity index (χ4n) is 1.85. The Kier molecular flexibility index (Phi) is 5.34. The molecule has 0 saturated carbocycles. The number of anilines is 1. The summed E-state index contributed by atoms with van der Waals surface area (Å²) in [6.07, 6.45) is 0. The highest BCUT2D eigenvalue weighted by atomic mass is 35.5. The second-order valence-electron chi connectivity index (χ2n) is 4.47. The molecule has 110 valence electrons. The van der Waals surface area contributed by atoms with Gasteiger partial charge in [-0.1, -0.05) is 53.0 Å². The predicted molar refractivity (Wildman–Crippen MR) is 88.5 cm³/mol. The summed E-state index contributed by atoms with van der Waals surface area (Å²) < 4.78 is 0. The number of benzene rings is 2. The second-order valence-corrected chi connectivity index (χ2v) is 5.72. The highest BCUT2D eigenvalue weighted by Crippen LogP contribution is 2.26. The van der Waals surface area contributed by atoms with Gasteiger partial charge in [-0.2, -0.15) is 0 Å². The van der Waals surface area contributed by atoms with Crippen LogP contribution in [-0.4, -0.2) is 6.03 Å². The number of rotatable bonds is 3.